The first kappa shape index (κ1) is 14.2. The Morgan fingerprint density at radius 3 is 2.90 bits per heavy atom. The van der Waals surface area contributed by atoms with E-state index in [2.05, 4.69) is 4.85 Å². The van der Waals surface area contributed by atoms with Gasteiger partial charge in [-0.2, -0.15) is 0 Å². The van der Waals surface area contributed by atoms with Gasteiger partial charge in [-0.05, 0) is 32.4 Å². The smallest absolute Gasteiger partial charge is 0.410 e. The Morgan fingerprint density at radius 2 is 2.30 bits per heavy atom. The van der Waals surface area contributed by atoms with Gasteiger partial charge in [-0.15, -0.1) is 0 Å². The van der Waals surface area contributed by atoms with Crippen molar-refractivity contribution in [2.75, 3.05) is 13.2 Å². The summed E-state index contributed by atoms with van der Waals surface area (Å²) in [6, 6.07) is 5.49. The van der Waals surface area contributed by atoms with Crippen molar-refractivity contribution < 1.29 is 14.3 Å². The van der Waals surface area contributed by atoms with Crippen LogP contribution < -0.4 is 4.74 Å². The van der Waals surface area contributed by atoms with Crippen LogP contribution in [0.5, 0.6) is 5.75 Å². The lowest BCUT2D eigenvalue weighted by atomic mass is 10.2. The van der Waals surface area contributed by atoms with Crippen LogP contribution >= 0.6 is 0 Å². The van der Waals surface area contributed by atoms with Gasteiger partial charge in [0.15, 0.2) is 11.8 Å². The molecule has 1 unspecified atom stereocenters. The summed E-state index contributed by atoms with van der Waals surface area (Å²) in [5.74, 6) is 0.664. The Kier molecular flexibility index (Phi) is 4.14. The van der Waals surface area contributed by atoms with Gasteiger partial charge < -0.3 is 14.4 Å². The number of carbonyl (C=O) groups excluding carboxylic acids is 1. The average Bonchev–Trinajstić information content (AvgIpc) is 2.79. The van der Waals surface area contributed by atoms with Gasteiger partial charge in [-0.25, -0.2) is 9.64 Å². The second-order valence-corrected chi connectivity index (χ2v) is 5.07. The second-order valence-electron chi connectivity index (χ2n) is 5.07. The molecule has 1 fully saturated rings. The van der Waals surface area contributed by atoms with E-state index in [0.29, 0.717) is 24.6 Å². The highest BCUT2D eigenvalue weighted by molar-refractivity contribution is 5.70. The maximum absolute atomic E-state index is 11.6. The summed E-state index contributed by atoms with van der Waals surface area (Å²) in [4.78, 5) is 16.7. The van der Waals surface area contributed by atoms with Crippen LogP contribution in [-0.4, -0.2) is 36.3 Å². The summed E-state index contributed by atoms with van der Waals surface area (Å²) in [6.45, 7) is 13.7. The standard InChI is InChI=1S/C15H18N2O3/c1-10(2)17-8-12(20-15(17)18)9-19-14-7-5-6-13(16-4)11(14)3/h5-7,10,12H,8-9H2,1-3H3. The minimum atomic E-state index is -0.291. The van der Waals surface area contributed by atoms with Crippen molar-refractivity contribution in [1.82, 2.24) is 4.90 Å². The van der Waals surface area contributed by atoms with Crippen LogP contribution in [0.15, 0.2) is 18.2 Å². The first-order valence-corrected chi connectivity index (χ1v) is 6.60. The molecule has 0 spiro atoms. The third-order valence-corrected chi connectivity index (χ3v) is 3.33. The highest BCUT2D eigenvalue weighted by Gasteiger charge is 2.33. The largest absolute Gasteiger partial charge is 0.491 e. The van der Waals surface area contributed by atoms with Crippen LogP contribution in [0, 0.1) is 13.5 Å². The Labute approximate surface area is 118 Å². The number of benzene rings is 1. The molecule has 1 atom stereocenters. The molecule has 0 N–H and O–H groups in total. The number of hydrogen-bond acceptors (Lipinski definition) is 3. The van der Waals surface area contributed by atoms with E-state index in [1.807, 2.05) is 26.8 Å². The molecular weight excluding hydrogens is 256 g/mol. The molecule has 106 valence electrons. The van der Waals surface area contributed by atoms with E-state index in [1.54, 1.807) is 17.0 Å². The molecule has 1 aliphatic rings. The molecule has 0 aliphatic carbocycles. The highest BCUT2D eigenvalue weighted by Crippen LogP contribution is 2.28. The van der Waals surface area contributed by atoms with E-state index in [9.17, 15) is 4.79 Å². The van der Waals surface area contributed by atoms with Crippen molar-refractivity contribution in [3.05, 3.63) is 35.2 Å². The number of ether oxygens (including phenoxy) is 2. The van der Waals surface area contributed by atoms with Gasteiger partial charge in [-0.3, -0.25) is 0 Å². The van der Waals surface area contributed by atoms with Crippen LogP contribution in [0.25, 0.3) is 4.85 Å². The summed E-state index contributed by atoms with van der Waals surface area (Å²) < 4.78 is 10.9. The first-order chi connectivity index (χ1) is 9.52. The predicted octanol–water partition coefficient (Wildman–Crippen LogP) is 3.15. The van der Waals surface area contributed by atoms with Crippen LogP contribution in [0.1, 0.15) is 19.4 Å². The number of nitrogens with zero attached hydrogens (tertiary/aromatic N) is 2. The molecule has 1 amide bonds. The third-order valence-electron chi connectivity index (χ3n) is 3.33. The van der Waals surface area contributed by atoms with Crippen LogP contribution in [-0.2, 0) is 4.74 Å². The topological polar surface area (TPSA) is 43.1 Å². The van der Waals surface area contributed by atoms with Gasteiger partial charge in [0, 0.05) is 6.04 Å². The highest BCUT2D eigenvalue weighted by atomic mass is 16.6. The van der Waals surface area contributed by atoms with Gasteiger partial charge in [0.2, 0.25) is 0 Å². The van der Waals surface area contributed by atoms with Crippen molar-refractivity contribution in [2.24, 2.45) is 0 Å². The normalized spacial score (nSPS) is 18.1. The van der Waals surface area contributed by atoms with E-state index < -0.39 is 0 Å². The lowest BCUT2D eigenvalue weighted by molar-refractivity contribution is 0.102. The second kappa shape index (κ2) is 5.83. The Morgan fingerprint density at radius 1 is 1.55 bits per heavy atom. The van der Waals surface area contributed by atoms with E-state index >= 15 is 0 Å². The summed E-state index contributed by atoms with van der Waals surface area (Å²) in [5, 5.41) is 0. The molecule has 0 aromatic heterocycles. The molecule has 0 bridgehead atoms. The van der Waals surface area contributed by atoms with E-state index in [0.717, 1.165) is 5.56 Å². The van der Waals surface area contributed by atoms with Gasteiger partial charge in [0.1, 0.15) is 12.4 Å². The summed E-state index contributed by atoms with van der Waals surface area (Å²) >= 11 is 0. The number of cyclic esters (lactones) is 1. The lowest BCUT2D eigenvalue weighted by Crippen LogP contribution is -2.32. The number of amides is 1. The molecule has 1 saturated heterocycles. The van der Waals surface area contributed by atoms with Crippen molar-refractivity contribution in [3.63, 3.8) is 0 Å². The zero-order valence-corrected chi connectivity index (χ0v) is 11.9. The Balaban J connectivity index is 1.97. The third kappa shape index (κ3) is 2.85. The maximum atomic E-state index is 11.6. The SMILES string of the molecule is [C-]#[N+]c1cccc(OCC2CN(C(C)C)C(=O)O2)c1C. The molecule has 1 aliphatic heterocycles. The van der Waals surface area contributed by atoms with Crippen LogP contribution in [0.2, 0.25) is 0 Å². The zero-order valence-electron chi connectivity index (χ0n) is 11.9. The average molecular weight is 274 g/mol. The minimum Gasteiger partial charge on any atom is -0.491 e. The molecule has 2 rings (SSSR count). The fourth-order valence-corrected chi connectivity index (χ4v) is 2.11. The molecule has 1 aromatic carbocycles. The number of rotatable bonds is 4. The quantitative estimate of drug-likeness (QED) is 0.792. The molecule has 1 aromatic rings. The minimum absolute atomic E-state index is 0.125. The molecule has 20 heavy (non-hydrogen) atoms. The zero-order chi connectivity index (χ0) is 14.7. The first-order valence-electron chi connectivity index (χ1n) is 6.60. The molecule has 5 heteroatoms. The Bertz CT molecular complexity index is 549. The Hall–Kier alpha value is -2.22. The number of hydrogen-bond donors (Lipinski definition) is 0. The van der Waals surface area contributed by atoms with Gasteiger partial charge in [0.05, 0.1) is 13.1 Å². The van der Waals surface area contributed by atoms with Gasteiger partial charge >= 0.3 is 6.09 Å². The van der Waals surface area contributed by atoms with Gasteiger partial charge in [-0.1, -0.05) is 12.1 Å². The monoisotopic (exact) mass is 274 g/mol. The summed E-state index contributed by atoms with van der Waals surface area (Å²) in [5.41, 5.74) is 1.39. The van der Waals surface area contributed by atoms with Gasteiger partial charge in [0.25, 0.3) is 0 Å². The lowest BCUT2D eigenvalue weighted by Gasteiger charge is -2.17. The van der Waals surface area contributed by atoms with E-state index in [-0.39, 0.29) is 18.2 Å². The fraction of sp³-hybridized carbons (Fsp3) is 0.467. The molecule has 0 radical (unpaired) electrons. The molecule has 0 saturated carbocycles. The van der Waals surface area contributed by atoms with Crippen LogP contribution in [0.4, 0.5) is 10.5 Å². The number of carbonyl (C=O) groups is 1. The fourth-order valence-electron chi connectivity index (χ4n) is 2.11. The molecule has 5 nitrogen and oxygen atoms in total. The molecule has 1 heterocycles. The van der Waals surface area contributed by atoms with E-state index in [1.165, 1.54) is 0 Å². The van der Waals surface area contributed by atoms with Crippen molar-refractivity contribution >= 4 is 11.8 Å². The van der Waals surface area contributed by atoms with Crippen molar-refractivity contribution in [1.29, 1.82) is 0 Å². The summed E-state index contributed by atoms with van der Waals surface area (Å²) in [7, 11) is 0. The maximum Gasteiger partial charge on any atom is 0.410 e. The van der Waals surface area contributed by atoms with Crippen LogP contribution in [0.3, 0.4) is 0 Å². The van der Waals surface area contributed by atoms with Crippen molar-refractivity contribution in [2.45, 2.75) is 32.9 Å². The summed E-state index contributed by atoms with van der Waals surface area (Å²) in [6.07, 6.45) is -0.555. The van der Waals surface area contributed by atoms with Crippen molar-refractivity contribution in [3.8, 4) is 5.75 Å². The predicted molar refractivity (Wildman–Crippen MR) is 75.0 cm³/mol. The molecular formula is C15H18N2O3. The van der Waals surface area contributed by atoms with E-state index in [4.69, 9.17) is 16.0 Å².